The molecule has 2 heterocycles. The van der Waals surface area contributed by atoms with E-state index in [-0.39, 0.29) is 0 Å². The maximum absolute atomic E-state index is 4.27. The van der Waals surface area contributed by atoms with Gasteiger partial charge in [-0.25, -0.2) is 4.98 Å². The van der Waals surface area contributed by atoms with Crippen molar-refractivity contribution in [2.75, 3.05) is 17.2 Å². The Bertz CT molecular complexity index is 522. The van der Waals surface area contributed by atoms with E-state index in [0.717, 1.165) is 24.5 Å². The third kappa shape index (κ3) is 4.24. The first-order chi connectivity index (χ1) is 9.17. The molecule has 0 aliphatic heterocycles. The van der Waals surface area contributed by atoms with Gasteiger partial charge >= 0.3 is 0 Å². The first-order valence-corrected chi connectivity index (χ1v) is 7.51. The van der Waals surface area contributed by atoms with E-state index in [1.165, 1.54) is 9.75 Å². The summed E-state index contributed by atoms with van der Waals surface area (Å²) in [6, 6.07) is 8.88. The summed E-state index contributed by atoms with van der Waals surface area (Å²) in [7, 11) is 0. The smallest absolute Gasteiger partial charge is 0.127 e. The van der Waals surface area contributed by atoms with Crippen molar-refractivity contribution in [3.8, 4) is 0 Å². The molecule has 3 nitrogen and oxygen atoms in total. The van der Waals surface area contributed by atoms with Crippen LogP contribution in [0.3, 0.4) is 0 Å². The molecule has 0 spiro atoms. The quantitative estimate of drug-likeness (QED) is 0.839. The van der Waals surface area contributed by atoms with Gasteiger partial charge in [-0.1, -0.05) is 0 Å². The second-order valence-electron chi connectivity index (χ2n) is 4.72. The molecule has 2 rings (SSSR count). The normalized spacial score (nSPS) is 12.2. The van der Waals surface area contributed by atoms with E-state index in [4.69, 9.17) is 0 Å². The minimum atomic E-state index is 0.412. The highest BCUT2D eigenvalue weighted by atomic mass is 32.1. The Labute approximate surface area is 119 Å². The van der Waals surface area contributed by atoms with Gasteiger partial charge < -0.3 is 10.6 Å². The molecule has 102 valence electrons. The number of aromatic nitrogens is 1. The number of anilines is 2. The van der Waals surface area contributed by atoms with Crippen molar-refractivity contribution in [2.24, 2.45) is 0 Å². The van der Waals surface area contributed by atoms with Crippen LogP contribution in [-0.4, -0.2) is 17.6 Å². The lowest BCUT2D eigenvalue weighted by atomic mass is 10.2. The van der Waals surface area contributed by atoms with E-state index < -0.39 is 0 Å². The predicted molar refractivity (Wildman–Crippen MR) is 84.2 cm³/mol. The Morgan fingerprint density at radius 3 is 2.84 bits per heavy atom. The summed E-state index contributed by atoms with van der Waals surface area (Å²) in [5.41, 5.74) is 1.12. The van der Waals surface area contributed by atoms with Crippen LogP contribution in [0.15, 0.2) is 30.5 Å². The maximum Gasteiger partial charge on any atom is 0.127 e. The SMILES string of the molecule is CCNc1cc(NC(C)Cc2ccc(C)s2)ccn1. The number of thiophene rings is 1. The van der Waals surface area contributed by atoms with Crippen LogP contribution in [-0.2, 0) is 6.42 Å². The summed E-state index contributed by atoms with van der Waals surface area (Å²) in [4.78, 5) is 7.08. The fourth-order valence-electron chi connectivity index (χ4n) is 2.03. The minimum absolute atomic E-state index is 0.412. The first-order valence-electron chi connectivity index (χ1n) is 6.69. The molecule has 0 amide bonds. The first kappa shape index (κ1) is 13.9. The highest BCUT2D eigenvalue weighted by Crippen LogP contribution is 2.19. The lowest BCUT2D eigenvalue weighted by Gasteiger charge is -2.15. The van der Waals surface area contributed by atoms with Gasteiger partial charge in [-0.15, -0.1) is 11.3 Å². The van der Waals surface area contributed by atoms with E-state index in [0.29, 0.717) is 6.04 Å². The second kappa shape index (κ2) is 6.57. The fraction of sp³-hybridized carbons (Fsp3) is 0.400. The van der Waals surface area contributed by atoms with Crippen LogP contribution in [0.25, 0.3) is 0 Å². The number of rotatable bonds is 6. The van der Waals surface area contributed by atoms with Crippen molar-refractivity contribution in [2.45, 2.75) is 33.2 Å². The molecule has 0 aliphatic carbocycles. The number of hydrogen-bond donors (Lipinski definition) is 2. The Morgan fingerprint density at radius 2 is 2.16 bits per heavy atom. The van der Waals surface area contributed by atoms with Crippen LogP contribution in [0.5, 0.6) is 0 Å². The third-order valence-corrected chi connectivity index (χ3v) is 3.86. The summed E-state index contributed by atoms with van der Waals surface area (Å²) in [5.74, 6) is 0.923. The van der Waals surface area contributed by atoms with E-state index in [9.17, 15) is 0 Å². The van der Waals surface area contributed by atoms with Crippen LogP contribution < -0.4 is 10.6 Å². The van der Waals surface area contributed by atoms with Gasteiger partial charge in [0.25, 0.3) is 0 Å². The van der Waals surface area contributed by atoms with Crippen molar-refractivity contribution in [3.63, 3.8) is 0 Å². The molecular weight excluding hydrogens is 254 g/mol. The molecule has 19 heavy (non-hydrogen) atoms. The maximum atomic E-state index is 4.27. The van der Waals surface area contributed by atoms with E-state index in [1.807, 2.05) is 23.6 Å². The Balaban J connectivity index is 1.94. The topological polar surface area (TPSA) is 37.0 Å². The number of pyridine rings is 1. The highest BCUT2D eigenvalue weighted by Gasteiger charge is 2.06. The number of nitrogens with zero attached hydrogens (tertiary/aromatic N) is 1. The van der Waals surface area contributed by atoms with Gasteiger partial charge in [0.2, 0.25) is 0 Å². The van der Waals surface area contributed by atoms with Gasteiger partial charge in [-0.3, -0.25) is 0 Å². The fourth-order valence-corrected chi connectivity index (χ4v) is 3.05. The average Bonchev–Trinajstić information content (AvgIpc) is 2.75. The molecule has 2 aromatic rings. The van der Waals surface area contributed by atoms with Gasteiger partial charge in [-0.05, 0) is 39.0 Å². The summed E-state index contributed by atoms with van der Waals surface area (Å²) in [6.07, 6.45) is 2.89. The Morgan fingerprint density at radius 1 is 1.32 bits per heavy atom. The molecule has 0 radical (unpaired) electrons. The summed E-state index contributed by atoms with van der Waals surface area (Å²) in [6.45, 7) is 7.32. The zero-order valence-electron chi connectivity index (χ0n) is 11.7. The number of nitrogens with one attached hydrogen (secondary N) is 2. The zero-order valence-corrected chi connectivity index (χ0v) is 12.6. The Kier molecular flexibility index (Phi) is 4.80. The van der Waals surface area contributed by atoms with Crippen molar-refractivity contribution in [3.05, 3.63) is 40.2 Å². The molecule has 4 heteroatoms. The average molecular weight is 275 g/mol. The van der Waals surface area contributed by atoms with Crippen LogP contribution in [0.2, 0.25) is 0 Å². The van der Waals surface area contributed by atoms with Crippen molar-refractivity contribution in [1.29, 1.82) is 0 Å². The summed E-state index contributed by atoms with van der Waals surface area (Å²) >= 11 is 1.87. The molecule has 0 saturated heterocycles. The second-order valence-corrected chi connectivity index (χ2v) is 6.09. The molecule has 0 fully saturated rings. The van der Waals surface area contributed by atoms with Crippen LogP contribution >= 0.6 is 11.3 Å². The van der Waals surface area contributed by atoms with Crippen molar-refractivity contribution in [1.82, 2.24) is 4.98 Å². The summed E-state index contributed by atoms with van der Waals surface area (Å²) in [5, 5.41) is 6.75. The van der Waals surface area contributed by atoms with E-state index in [1.54, 1.807) is 0 Å². The molecule has 2 N–H and O–H groups in total. The number of hydrogen-bond acceptors (Lipinski definition) is 4. The summed E-state index contributed by atoms with van der Waals surface area (Å²) < 4.78 is 0. The highest BCUT2D eigenvalue weighted by molar-refractivity contribution is 7.11. The van der Waals surface area contributed by atoms with Gasteiger partial charge in [-0.2, -0.15) is 0 Å². The molecule has 0 aromatic carbocycles. The van der Waals surface area contributed by atoms with Gasteiger partial charge in [0.05, 0.1) is 0 Å². The van der Waals surface area contributed by atoms with Gasteiger partial charge in [0.1, 0.15) is 5.82 Å². The zero-order chi connectivity index (χ0) is 13.7. The van der Waals surface area contributed by atoms with Gasteiger partial charge in [0, 0.05) is 46.7 Å². The molecule has 1 unspecified atom stereocenters. The van der Waals surface area contributed by atoms with Crippen molar-refractivity contribution < 1.29 is 0 Å². The van der Waals surface area contributed by atoms with Crippen LogP contribution in [0, 0.1) is 6.92 Å². The van der Waals surface area contributed by atoms with Crippen LogP contribution in [0.4, 0.5) is 11.5 Å². The van der Waals surface area contributed by atoms with Crippen molar-refractivity contribution >= 4 is 22.8 Å². The molecule has 1 atom stereocenters. The van der Waals surface area contributed by atoms with Gasteiger partial charge in [0.15, 0.2) is 0 Å². The largest absolute Gasteiger partial charge is 0.382 e. The van der Waals surface area contributed by atoms with Crippen LogP contribution in [0.1, 0.15) is 23.6 Å². The molecular formula is C15H21N3S. The molecule has 0 aliphatic rings. The molecule has 0 bridgehead atoms. The standard InChI is InChI=1S/C15H21N3S/c1-4-16-15-10-13(7-8-17-15)18-11(2)9-14-6-5-12(3)19-14/h5-8,10-11H,4,9H2,1-3H3,(H2,16,17,18). The predicted octanol–water partition coefficient (Wildman–Crippen LogP) is 3.93. The molecule has 2 aromatic heterocycles. The number of aryl methyl sites for hydroxylation is 1. The molecule has 0 saturated carbocycles. The lowest BCUT2D eigenvalue weighted by Crippen LogP contribution is -2.17. The third-order valence-electron chi connectivity index (χ3n) is 2.83. The monoisotopic (exact) mass is 275 g/mol. The minimum Gasteiger partial charge on any atom is -0.382 e. The van der Waals surface area contributed by atoms with E-state index >= 15 is 0 Å². The van der Waals surface area contributed by atoms with E-state index in [2.05, 4.69) is 54.6 Å². The lowest BCUT2D eigenvalue weighted by molar-refractivity contribution is 0.800. The Hall–Kier alpha value is -1.55.